The molecule has 5 nitrogen and oxygen atoms in total. The molecule has 1 unspecified atom stereocenters. The number of nitrogens with zero attached hydrogens (tertiary/aromatic N) is 2. The number of hydrogen-bond acceptors (Lipinski definition) is 3. The van der Waals surface area contributed by atoms with Crippen LogP contribution in [0.3, 0.4) is 0 Å². The van der Waals surface area contributed by atoms with E-state index in [1.54, 1.807) is 4.90 Å². The van der Waals surface area contributed by atoms with Crippen LogP contribution in [0, 0.1) is 0 Å². The highest BCUT2D eigenvalue weighted by molar-refractivity contribution is 9.10. The number of piperidine rings is 1. The summed E-state index contributed by atoms with van der Waals surface area (Å²) in [6.45, 7) is 0.663. The lowest BCUT2D eigenvalue weighted by Gasteiger charge is -2.34. The van der Waals surface area contributed by atoms with Gasteiger partial charge in [-0.1, -0.05) is 33.2 Å². The van der Waals surface area contributed by atoms with Gasteiger partial charge >= 0.3 is 0 Å². The maximum Gasteiger partial charge on any atom is 0.227 e. The van der Waals surface area contributed by atoms with Crippen molar-refractivity contribution in [3.8, 4) is 0 Å². The standard InChI is InChI=1S/C14H18BrN3O2/c15-11-6-4-10(5-7-11)9-13(19)18-8-2-1-3-12(18)14(16)17-20/h4-7,12,20H,1-3,8-9H2,(H2,16,17). The molecular weight excluding hydrogens is 322 g/mol. The number of amidine groups is 1. The summed E-state index contributed by atoms with van der Waals surface area (Å²) in [7, 11) is 0. The predicted octanol–water partition coefficient (Wildman–Crippen LogP) is 2.12. The van der Waals surface area contributed by atoms with Crippen molar-refractivity contribution < 1.29 is 10.0 Å². The average Bonchev–Trinajstić information content (AvgIpc) is 2.48. The third kappa shape index (κ3) is 3.50. The van der Waals surface area contributed by atoms with Crippen molar-refractivity contribution >= 4 is 27.7 Å². The smallest absolute Gasteiger partial charge is 0.227 e. The van der Waals surface area contributed by atoms with E-state index in [9.17, 15) is 4.79 Å². The number of amides is 1. The number of rotatable bonds is 3. The Morgan fingerprint density at radius 1 is 1.40 bits per heavy atom. The van der Waals surface area contributed by atoms with Crippen molar-refractivity contribution in [2.24, 2.45) is 10.9 Å². The van der Waals surface area contributed by atoms with E-state index in [1.807, 2.05) is 24.3 Å². The molecule has 108 valence electrons. The minimum absolute atomic E-state index is 0.0172. The van der Waals surface area contributed by atoms with E-state index < -0.39 is 0 Å². The maximum absolute atomic E-state index is 12.4. The zero-order chi connectivity index (χ0) is 14.5. The van der Waals surface area contributed by atoms with Gasteiger partial charge in [-0.15, -0.1) is 0 Å². The van der Waals surface area contributed by atoms with Crippen molar-refractivity contribution in [3.05, 3.63) is 34.3 Å². The van der Waals surface area contributed by atoms with E-state index in [0.717, 1.165) is 29.3 Å². The van der Waals surface area contributed by atoms with Crippen molar-refractivity contribution in [3.63, 3.8) is 0 Å². The van der Waals surface area contributed by atoms with Gasteiger partial charge in [0.25, 0.3) is 0 Å². The van der Waals surface area contributed by atoms with Gasteiger partial charge in [0.2, 0.25) is 5.91 Å². The molecule has 1 saturated heterocycles. The van der Waals surface area contributed by atoms with Crippen LogP contribution in [-0.2, 0) is 11.2 Å². The van der Waals surface area contributed by atoms with Gasteiger partial charge in [0.1, 0.15) is 0 Å². The molecule has 1 fully saturated rings. The number of benzene rings is 1. The Balaban J connectivity index is 2.08. The lowest BCUT2D eigenvalue weighted by molar-refractivity contribution is -0.132. The molecule has 1 aromatic carbocycles. The Kier molecular flexibility index (Phi) is 5.00. The summed E-state index contributed by atoms with van der Waals surface area (Å²) >= 11 is 3.37. The van der Waals surface area contributed by atoms with Gasteiger partial charge in [-0.05, 0) is 37.0 Å². The first-order valence-electron chi connectivity index (χ1n) is 6.63. The second-order valence-corrected chi connectivity index (χ2v) is 5.84. The first-order valence-corrected chi connectivity index (χ1v) is 7.42. The zero-order valence-corrected chi connectivity index (χ0v) is 12.7. The fraction of sp³-hybridized carbons (Fsp3) is 0.429. The number of likely N-dealkylation sites (tertiary alicyclic amines) is 1. The normalized spacial score (nSPS) is 19.9. The minimum Gasteiger partial charge on any atom is -0.409 e. The quantitative estimate of drug-likeness (QED) is 0.383. The molecule has 0 aliphatic carbocycles. The Hall–Kier alpha value is -1.56. The van der Waals surface area contributed by atoms with Crippen LogP contribution in [0.5, 0.6) is 0 Å². The largest absolute Gasteiger partial charge is 0.409 e. The zero-order valence-electron chi connectivity index (χ0n) is 11.1. The molecule has 0 saturated carbocycles. The van der Waals surface area contributed by atoms with Gasteiger partial charge in [0, 0.05) is 11.0 Å². The highest BCUT2D eigenvalue weighted by Gasteiger charge is 2.29. The molecule has 20 heavy (non-hydrogen) atoms. The second kappa shape index (κ2) is 6.74. The Bertz CT molecular complexity index is 502. The monoisotopic (exact) mass is 339 g/mol. The molecular formula is C14H18BrN3O2. The molecule has 1 atom stereocenters. The predicted molar refractivity (Wildman–Crippen MR) is 80.6 cm³/mol. The maximum atomic E-state index is 12.4. The van der Waals surface area contributed by atoms with E-state index in [4.69, 9.17) is 10.9 Å². The minimum atomic E-state index is -0.281. The van der Waals surface area contributed by atoms with Crippen molar-refractivity contribution in [2.45, 2.75) is 31.7 Å². The van der Waals surface area contributed by atoms with Crippen LogP contribution in [0.15, 0.2) is 33.9 Å². The fourth-order valence-corrected chi connectivity index (χ4v) is 2.75. The lowest BCUT2D eigenvalue weighted by Crippen LogP contribution is -2.51. The molecule has 6 heteroatoms. The summed E-state index contributed by atoms with van der Waals surface area (Å²) in [6.07, 6.45) is 3.04. The van der Waals surface area contributed by atoms with E-state index in [1.165, 1.54) is 0 Å². The van der Waals surface area contributed by atoms with E-state index in [0.29, 0.717) is 13.0 Å². The van der Waals surface area contributed by atoms with Gasteiger partial charge in [0.05, 0.1) is 12.5 Å². The summed E-state index contributed by atoms with van der Waals surface area (Å²) in [5.41, 5.74) is 6.65. The number of nitrogens with two attached hydrogens (primary N) is 1. The Morgan fingerprint density at radius 3 is 2.75 bits per heavy atom. The lowest BCUT2D eigenvalue weighted by atomic mass is 10.00. The highest BCUT2D eigenvalue weighted by Crippen LogP contribution is 2.19. The van der Waals surface area contributed by atoms with Crippen LogP contribution in [0.2, 0.25) is 0 Å². The summed E-state index contributed by atoms with van der Waals surface area (Å²) < 4.78 is 0.987. The number of halogens is 1. The summed E-state index contributed by atoms with van der Waals surface area (Å²) in [4.78, 5) is 14.1. The van der Waals surface area contributed by atoms with Crippen molar-refractivity contribution in [2.75, 3.05) is 6.54 Å². The second-order valence-electron chi connectivity index (χ2n) is 4.93. The average molecular weight is 340 g/mol. The van der Waals surface area contributed by atoms with E-state index in [-0.39, 0.29) is 17.8 Å². The number of carbonyl (C=O) groups excluding carboxylic acids is 1. The fourth-order valence-electron chi connectivity index (χ4n) is 2.48. The van der Waals surface area contributed by atoms with Gasteiger partial charge < -0.3 is 15.8 Å². The summed E-state index contributed by atoms with van der Waals surface area (Å²) in [5, 5.41) is 11.9. The first-order chi connectivity index (χ1) is 9.61. The van der Waals surface area contributed by atoms with Gasteiger partial charge in [-0.25, -0.2) is 0 Å². The van der Waals surface area contributed by atoms with Crippen LogP contribution in [0.25, 0.3) is 0 Å². The molecule has 0 bridgehead atoms. The molecule has 1 heterocycles. The third-order valence-electron chi connectivity index (χ3n) is 3.55. The Morgan fingerprint density at radius 2 is 2.10 bits per heavy atom. The molecule has 3 N–H and O–H groups in total. The molecule has 0 radical (unpaired) electrons. The van der Waals surface area contributed by atoms with Gasteiger partial charge in [0.15, 0.2) is 5.84 Å². The molecule has 1 aromatic rings. The van der Waals surface area contributed by atoms with Crippen LogP contribution in [0.1, 0.15) is 24.8 Å². The SMILES string of the molecule is NC(=NO)C1CCCCN1C(=O)Cc1ccc(Br)cc1. The first kappa shape index (κ1) is 14.8. The molecule has 0 spiro atoms. The topological polar surface area (TPSA) is 78.9 Å². The molecule has 1 aliphatic rings. The van der Waals surface area contributed by atoms with Gasteiger partial charge in [-0.3, -0.25) is 4.79 Å². The molecule has 2 rings (SSSR count). The van der Waals surface area contributed by atoms with Crippen LogP contribution in [-0.4, -0.2) is 34.4 Å². The van der Waals surface area contributed by atoms with Crippen LogP contribution >= 0.6 is 15.9 Å². The Labute approximate surface area is 126 Å². The number of hydrogen-bond donors (Lipinski definition) is 2. The van der Waals surface area contributed by atoms with Crippen molar-refractivity contribution in [1.82, 2.24) is 4.90 Å². The molecule has 1 aliphatic heterocycles. The van der Waals surface area contributed by atoms with Gasteiger partial charge in [-0.2, -0.15) is 0 Å². The number of carbonyl (C=O) groups is 1. The van der Waals surface area contributed by atoms with Crippen LogP contribution in [0.4, 0.5) is 0 Å². The van der Waals surface area contributed by atoms with E-state index >= 15 is 0 Å². The summed E-state index contributed by atoms with van der Waals surface area (Å²) in [6, 6.07) is 7.39. The van der Waals surface area contributed by atoms with Crippen LogP contribution < -0.4 is 5.73 Å². The van der Waals surface area contributed by atoms with Crippen molar-refractivity contribution in [1.29, 1.82) is 0 Å². The highest BCUT2D eigenvalue weighted by atomic mass is 79.9. The van der Waals surface area contributed by atoms with E-state index in [2.05, 4.69) is 21.1 Å². The molecule has 1 amide bonds. The summed E-state index contributed by atoms with van der Waals surface area (Å²) in [5.74, 6) is 0.137. The number of oxime groups is 1. The molecule has 0 aromatic heterocycles. The third-order valence-corrected chi connectivity index (χ3v) is 4.08.